The molecule has 0 aromatic carbocycles. The summed E-state index contributed by atoms with van der Waals surface area (Å²) in [5.74, 6) is 1.68. The van der Waals surface area contributed by atoms with E-state index in [1.165, 1.54) is 0 Å². The predicted molar refractivity (Wildman–Crippen MR) is 75.0 cm³/mol. The molecule has 19 heavy (non-hydrogen) atoms. The van der Waals surface area contributed by atoms with Gasteiger partial charge in [-0.1, -0.05) is 12.8 Å². The normalized spacial score (nSPS) is 40.3. The maximum absolute atomic E-state index is 10.3. The van der Waals surface area contributed by atoms with Gasteiger partial charge in [0.2, 0.25) is 0 Å². The van der Waals surface area contributed by atoms with Crippen molar-refractivity contribution in [1.82, 2.24) is 0 Å². The number of fused-ring (bicyclic) bond motifs is 7. The van der Waals surface area contributed by atoms with Gasteiger partial charge in [0.25, 0.3) is 0 Å². The van der Waals surface area contributed by atoms with Crippen molar-refractivity contribution in [2.75, 3.05) is 24.7 Å². The van der Waals surface area contributed by atoms with Crippen LogP contribution in [0.2, 0.25) is 0 Å². The summed E-state index contributed by atoms with van der Waals surface area (Å²) in [7, 11) is 0. The third kappa shape index (κ3) is 4.06. The maximum atomic E-state index is 10.3. The summed E-state index contributed by atoms with van der Waals surface area (Å²) in [6.45, 7) is 1.23. The molecular formula is C13H25NO4S. The van der Waals surface area contributed by atoms with E-state index in [1.54, 1.807) is 11.8 Å². The monoisotopic (exact) mass is 291 g/mol. The van der Waals surface area contributed by atoms with Crippen LogP contribution in [-0.4, -0.2) is 59.5 Å². The summed E-state index contributed by atoms with van der Waals surface area (Å²) < 4.78 is 11.4. The van der Waals surface area contributed by atoms with Crippen molar-refractivity contribution < 1.29 is 19.7 Å². The van der Waals surface area contributed by atoms with Gasteiger partial charge in [-0.2, -0.15) is 11.8 Å². The Morgan fingerprint density at radius 2 is 2.00 bits per heavy atom. The summed E-state index contributed by atoms with van der Waals surface area (Å²) >= 11 is 1.73. The van der Waals surface area contributed by atoms with Gasteiger partial charge in [-0.05, 0) is 12.8 Å². The lowest BCUT2D eigenvalue weighted by atomic mass is 9.85. The summed E-state index contributed by atoms with van der Waals surface area (Å²) in [4.78, 5) is 0. The lowest BCUT2D eigenvalue weighted by molar-refractivity contribution is -0.284. The molecule has 5 nitrogen and oxygen atoms in total. The van der Waals surface area contributed by atoms with Crippen LogP contribution in [0.1, 0.15) is 25.7 Å². The molecule has 0 amide bonds. The summed E-state index contributed by atoms with van der Waals surface area (Å²) in [6.07, 6.45) is 1.62. The molecule has 0 aliphatic carbocycles. The smallest absolute Gasteiger partial charge is 0.186 e. The van der Waals surface area contributed by atoms with Crippen LogP contribution in [0.5, 0.6) is 0 Å². The number of thioether (sulfide) groups is 1. The van der Waals surface area contributed by atoms with E-state index in [0.717, 1.165) is 37.2 Å². The molecule has 0 aromatic rings. The lowest BCUT2D eigenvalue weighted by Gasteiger charge is -2.43. The number of rotatable bonds is 4. The Morgan fingerprint density at radius 1 is 1.16 bits per heavy atom. The van der Waals surface area contributed by atoms with Crippen LogP contribution in [0.25, 0.3) is 0 Å². The first-order valence-corrected chi connectivity index (χ1v) is 8.30. The van der Waals surface area contributed by atoms with Gasteiger partial charge in [-0.3, -0.25) is 0 Å². The van der Waals surface area contributed by atoms with Crippen LogP contribution >= 0.6 is 11.8 Å². The Labute approximate surface area is 118 Å². The van der Waals surface area contributed by atoms with Crippen LogP contribution in [0.4, 0.5) is 0 Å². The Hall–Kier alpha value is 0.150. The number of ether oxygens (including phenoxy) is 2. The number of hydrogen-bond donors (Lipinski definition) is 3. The van der Waals surface area contributed by atoms with Gasteiger partial charge in [0.05, 0.1) is 12.2 Å². The van der Waals surface area contributed by atoms with E-state index < -0.39 is 18.5 Å². The zero-order valence-corrected chi connectivity index (χ0v) is 12.1. The molecule has 0 radical (unpaired) electrons. The molecule has 0 saturated carbocycles. The van der Waals surface area contributed by atoms with Crippen molar-refractivity contribution in [1.29, 1.82) is 0 Å². The molecule has 112 valence electrons. The van der Waals surface area contributed by atoms with E-state index >= 15 is 0 Å². The van der Waals surface area contributed by atoms with E-state index in [0.29, 0.717) is 13.2 Å². The first kappa shape index (κ1) is 15.5. The Kier molecular flexibility index (Phi) is 6.38. The standard InChI is InChI=1S/C13H25NO4S/c14-5-7-19-8-10-9-4-2-1-3-6-17-13(18-10)12(16)11(9)15/h9-13,15-16H,1-8,14H2/t9?,10?,11?,12?,13-/m1/s1. The van der Waals surface area contributed by atoms with Crippen LogP contribution in [0.3, 0.4) is 0 Å². The zero-order valence-electron chi connectivity index (χ0n) is 11.2. The first-order chi connectivity index (χ1) is 9.24. The molecule has 3 aliphatic rings. The molecule has 6 heteroatoms. The van der Waals surface area contributed by atoms with Gasteiger partial charge in [-0.15, -0.1) is 0 Å². The highest BCUT2D eigenvalue weighted by Gasteiger charge is 2.44. The molecule has 4 unspecified atom stereocenters. The molecule has 4 N–H and O–H groups in total. The highest BCUT2D eigenvalue weighted by atomic mass is 32.2. The molecule has 2 bridgehead atoms. The molecule has 0 spiro atoms. The van der Waals surface area contributed by atoms with Gasteiger partial charge in [0, 0.05) is 30.6 Å². The number of hydrogen-bond acceptors (Lipinski definition) is 6. The van der Waals surface area contributed by atoms with E-state index in [9.17, 15) is 10.2 Å². The van der Waals surface area contributed by atoms with Crippen molar-refractivity contribution in [2.45, 2.75) is 50.3 Å². The Balaban J connectivity index is 2.01. The largest absolute Gasteiger partial charge is 0.390 e. The summed E-state index contributed by atoms with van der Waals surface area (Å²) in [5, 5.41) is 20.3. The van der Waals surface area contributed by atoms with Crippen molar-refractivity contribution >= 4 is 11.8 Å². The predicted octanol–water partition coefficient (Wildman–Crippen LogP) is 0.332. The molecule has 3 saturated heterocycles. The molecular weight excluding hydrogens is 266 g/mol. The van der Waals surface area contributed by atoms with Crippen molar-refractivity contribution in [3.05, 3.63) is 0 Å². The Morgan fingerprint density at radius 3 is 2.79 bits per heavy atom. The minimum atomic E-state index is -0.932. The van der Waals surface area contributed by atoms with Gasteiger partial charge in [0.15, 0.2) is 6.29 Å². The molecule has 0 aromatic heterocycles. The average molecular weight is 291 g/mol. The first-order valence-electron chi connectivity index (χ1n) is 7.15. The minimum Gasteiger partial charge on any atom is -0.390 e. The second-order valence-electron chi connectivity index (χ2n) is 5.27. The van der Waals surface area contributed by atoms with Crippen LogP contribution in [-0.2, 0) is 9.47 Å². The third-order valence-corrected chi connectivity index (χ3v) is 4.95. The average Bonchev–Trinajstić information content (AvgIpc) is 2.42. The number of nitrogens with two attached hydrogens (primary N) is 1. The van der Waals surface area contributed by atoms with Gasteiger partial charge in [0.1, 0.15) is 6.10 Å². The van der Waals surface area contributed by atoms with Crippen LogP contribution < -0.4 is 5.73 Å². The van der Waals surface area contributed by atoms with E-state index in [4.69, 9.17) is 15.2 Å². The molecule has 5 atom stereocenters. The second-order valence-corrected chi connectivity index (χ2v) is 6.42. The van der Waals surface area contributed by atoms with Gasteiger partial charge < -0.3 is 25.4 Å². The van der Waals surface area contributed by atoms with Crippen molar-refractivity contribution in [3.63, 3.8) is 0 Å². The van der Waals surface area contributed by atoms with Crippen LogP contribution in [0, 0.1) is 5.92 Å². The fourth-order valence-corrected chi connectivity index (χ4v) is 3.68. The fourth-order valence-electron chi connectivity index (χ4n) is 2.79. The van der Waals surface area contributed by atoms with Gasteiger partial charge in [-0.25, -0.2) is 0 Å². The molecule has 3 rings (SSSR count). The van der Waals surface area contributed by atoms with E-state index in [1.807, 2.05) is 0 Å². The zero-order chi connectivity index (χ0) is 13.7. The maximum Gasteiger partial charge on any atom is 0.186 e. The number of aliphatic hydroxyl groups excluding tert-OH is 2. The SMILES string of the molecule is NCCSCC1O[C@H]2OCCCCCC1C(O)C2O. The van der Waals surface area contributed by atoms with Crippen molar-refractivity contribution in [3.8, 4) is 0 Å². The van der Waals surface area contributed by atoms with Gasteiger partial charge >= 0.3 is 0 Å². The topological polar surface area (TPSA) is 84.9 Å². The quantitative estimate of drug-likeness (QED) is 0.647. The fraction of sp³-hybridized carbons (Fsp3) is 1.00. The summed E-state index contributed by atoms with van der Waals surface area (Å²) in [6, 6.07) is 0. The molecule has 3 heterocycles. The van der Waals surface area contributed by atoms with E-state index in [2.05, 4.69) is 0 Å². The van der Waals surface area contributed by atoms with Crippen molar-refractivity contribution in [2.24, 2.45) is 11.7 Å². The Bertz CT molecular complexity index is 267. The summed E-state index contributed by atoms with van der Waals surface area (Å²) in [5.41, 5.74) is 5.50. The highest BCUT2D eigenvalue weighted by molar-refractivity contribution is 7.99. The second kappa shape index (κ2) is 7.81. The van der Waals surface area contributed by atoms with Crippen LogP contribution in [0.15, 0.2) is 0 Å². The minimum absolute atomic E-state index is 0.00164. The molecule has 3 aliphatic heterocycles. The third-order valence-electron chi connectivity index (χ3n) is 3.86. The lowest BCUT2D eigenvalue weighted by Crippen LogP contribution is -2.56. The highest BCUT2D eigenvalue weighted by Crippen LogP contribution is 2.33. The molecule has 3 fully saturated rings. The number of aliphatic hydroxyl groups is 2. The van der Waals surface area contributed by atoms with E-state index in [-0.39, 0.29) is 12.0 Å².